The number of aryl methyl sites for hydroxylation is 1. The maximum Gasteiger partial charge on any atom is 0.317 e. The highest BCUT2D eigenvalue weighted by Gasteiger charge is 2.30. The van der Waals surface area contributed by atoms with E-state index in [9.17, 15) is 9.90 Å². The summed E-state index contributed by atoms with van der Waals surface area (Å²) in [7, 11) is 1.87. The summed E-state index contributed by atoms with van der Waals surface area (Å²) in [6.45, 7) is 5.61. The van der Waals surface area contributed by atoms with Gasteiger partial charge in [0.25, 0.3) is 0 Å². The summed E-state index contributed by atoms with van der Waals surface area (Å²) < 4.78 is 7.01. The Labute approximate surface area is 158 Å². The second-order valence-corrected chi connectivity index (χ2v) is 7.53. The van der Waals surface area contributed by atoms with Gasteiger partial charge in [-0.15, -0.1) is 0 Å². The van der Waals surface area contributed by atoms with E-state index in [1.54, 1.807) is 11.1 Å². The number of nitrogens with zero attached hydrogens (tertiary/aromatic N) is 5. The highest BCUT2D eigenvalue weighted by atomic mass is 16.5. The van der Waals surface area contributed by atoms with E-state index in [-0.39, 0.29) is 18.5 Å². The molecule has 0 spiro atoms. The molecular weight excluding hydrogens is 348 g/mol. The number of rotatable bonds is 6. The number of amides is 2. The average molecular weight is 376 g/mol. The molecule has 2 N–H and O–H groups in total. The van der Waals surface area contributed by atoms with E-state index in [1.165, 1.54) is 0 Å². The van der Waals surface area contributed by atoms with Crippen LogP contribution in [0.5, 0.6) is 0 Å². The van der Waals surface area contributed by atoms with Crippen LogP contribution in [0.1, 0.15) is 50.3 Å². The van der Waals surface area contributed by atoms with Gasteiger partial charge in [0.15, 0.2) is 5.82 Å². The largest absolute Gasteiger partial charge is 0.385 e. The lowest BCUT2D eigenvalue weighted by atomic mass is 9.91. The molecule has 0 aromatic carbocycles. The number of carbonyl (C=O) groups excluding carboxylic acids is 1. The Morgan fingerprint density at radius 1 is 1.41 bits per heavy atom. The average Bonchev–Trinajstić information content (AvgIpc) is 3.27. The molecule has 1 atom stereocenters. The molecule has 1 aliphatic rings. The minimum absolute atomic E-state index is 0.103. The highest BCUT2D eigenvalue weighted by molar-refractivity contribution is 5.74. The molecule has 1 unspecified atom stereocenters. The number of imidazole rings is 1. The van der Waals surface area contributed by atoms with Crippen molar-refractivity contribution in [1.29, 1.82) is 0 Å². The summed E-state index contributed by atoms with van der Waals surface area (Å²) in [5, 5.41) is 17.3. The van der Waals surface area contributed by atoms with E-state index in [4.69, 9.17) is 4.52 Å². The van der Waals surface area contributed by atoms with Crippen molar-refractivity contribution < 1.29 is 14.4 Å². The lowest BCUT2D eigenvalue weighted by Gasteiger charge is -2.33. The zero-order chi connectivity index (χ0) is 19.4. The Morgan fingerprint density at radius 3 is 2.78 bits per heavy atom. The summed E-state index contributed by atoms with van der Waals surface area (Å²) in [5.74, 6) is 2.30. The molecule has 9 nitrogen and oxygen atoms in total. The first-order valence-electron chi connectivity index (χ1n) is 9.43. The van der Waals surface area contributed by atoms with Crippen LogP contribution in [0.3, 0.4) is 0 Å². The number of aliphatic hydroxyl groups is 1. The number of urea groups is 1. The van der Waals surface area contributed by atoms with Gasteiger partial charge < -0.3 is 24.4 Å². The van der Waals surface area contributed by atoms with Gasteiger partial charge in [-0.05, 0) is 24.7 Å². The number of aliphatic hydroxyl groups excluding tert-OH is 1. The third-order valence-corrected chi connectivity index (χ3v) is 4.89. The van der Waals surface area contributed by atoms with E-state index in [0.29, 0.717) is 36.5 Å². The molecule has 1 fully saturated rings. The smallest absolute Gasteiger partial charge is 0.317 e. The quantitative estimate of drug-likeness (QED) is 0.793. The van der Waals surface area contributed by atoms with E-state index in [2.05, 4.69) is 34.3 Å². The predicted octanol–water partition coefficient (Wildman–Crippen LogP) is 1.66. The van der Waals surface area contributed by atoms with Crippen molar-refractivity contribution in [2.24, 2.45) is 18.9 Å². The van der Waals surface area contributed by atoms with Crippen molar-refractivity contribution >= 4 is 6.03 Å². The van der Waals surface area contributed by atoms with Crippen molar-refractivity contribution in [3.05, 3.63) is 29.9 Å². The van der Waals surface area contributed by atoms with Gasteiger partial charge in [-0.2, -0.15) is 4.98 Å². The van der Waals surface area contributed by atoms with Gasteiger partial charge in [0.2, 0.25) is 5.89 Å². The van der Waals surface area contributed by atoms with Crippen LogP contribution in [0.15, 0.2) is 16.9 Å². The fraction of sp³-hybridized carbons (Fsp3) is 0.667. The normalized spacial score (nSPS) is 16.7. The minimum Gasteiger partial charge on any atom is -0.385 e. The molecule has 148 valence electrons. The van der Waals surface area contributed by atoms with Gasteiger partial charge in [-0.25, -0.2) is 9.78 Å². The van der Waals surface area contributed by atoms with Gasteiger partial charge in [-0.1, -0.05) is 19.0 Å². The van der Waals surface area contributed by atoms with Crippen molar-refractivity contribution in [1.82, 2.24) is 29.9 Å². The van der Waals surface area contributed by atoms with E-state index in [1.807, 2.05) is 17.8 Å². The monoisotopic (exact) mass is 376 g/mol. The molecule has 27 heavy (non-hydrogen) atoms. The molecule has 0 radical (unpaired) electrons. The number of carbonyl (C=O) groups is 1. The molecule has 1 aliphatic heterocycles. The zero-order valence-corrected chi connectivity index (χ0v) is 16.1. The number of piperidine rings is 1. The van der Waals surface area contributed by atoms with Crippen LogP contribution in [-0.2, 0) is 20.0 Å². The summed E-state index contributed by atoms with van der Waals surface area (Å²) in [5.41, 5.74) is 0. The number of likely N-dealkylation sites (tertiary alicyclic amines) is 1. The molecule has 1 saturated heterocycles. The van der Waals surface area contributed by atoms with Gasteiger partial charge in [0.05, 0.1) is 6.54 Å². The van der Waals surface area contributed by atoms with Crippen molar-refractivity contribution in [2.75, 3.05) is 13.1 Å². The fourth-order valence-corrected chi connectivity index (χ4v) is 3.35. The standard InChI is InChI=1S/C18H28N6O3/c1-12(2)10-15-21-14(22-27-15)11-20-18(26)24-7-4-13(5-8-24)16(25)17-19-6-9-23(17)3/h6,9,12-13,16,25H,4-5,7-8,10-11H2,1-3H3,(H,20,26). The molecule has 2 aromatic heterocycles. The van der Waals surface area contributed by atoms with Crippen LogP contribution < -0.4 is 5.32 Å². The van der Waals surface area contributed by atoms with Crippen LogP contribution in [0, 0.1) is 11.8 Å². The minimum atomic E-state index is -0.603. The van der Waals surface area contributed by atoms with E-state index in [0.717, 1.165) is 19.3 Å². The van der Waals surface area contributed by atoms with Crippen LogP contribution in [0.25, 0.3) is 0 Å². The Hall–Kier alpha value is -2.42. The highest BCUT2D eigenvalue weighted by Crippen LogP contribution is 2.29. The van der Waals surface area contributed by atoms with Gasteiger partial charge in [-0.3, -0.25) is 0 Å². The van der Waals surface area contributed by atoms with E-state index < -0.39 is 6.10 Å². The van der Waals surface area contributed by atoms with Crippen LogP contribution >= 0.6 is 0 Å². The first-order valence-corrected chi connectivity index (χ1v) is 9.43. The van der Waals surface area contributed by atoms with Crippen LogP contribution in [-0.4, -0.2) is 48.8 Å². The summed E-state index contributed by atoms with van der Waals surface area (Å²) in [4.78, 5) is 22.6. The lowest BCUT2D eigenvalue weighted by Crippen LogP contribution is -2.45. The van der Waals surface area contributed by atoms with Gasteiger partial charge in [0, 0.05) is 39.0 Å². The number of nitrogens with one attached hydrogen (secondary N) is 1. The number of aromatic nitrogens is 4. The van der Waals surface area contributed by atoms with Gasteiger partial charge >= 0.3 is 6.03 Å². The third-order valence-electron chi connectivity index (χ3n) is 4.89. The summed E-state index contributed by atoms with van der Waals surface area (Å²) in [6.07, 6.45) is 5.11. The van der Waals surface area contributed by atoms with Gasteiger partial charge in [0.1, 0.15) is 11.9 Å². The topological polar surface area (TPSA) is 109 Å². The fourth-order valence-electron chi connectivity index (χ4n) is 3.35. The molecule has 9 heteroatoms. The number of hydrogen-bond donors (Lipinski definition) is 2. The number of hydrogen-bond acceptors (Lipinski definition) is 6. The maximum absolute atomic E-state index is 12.4. The Balaban J connectivity index is 1.44. The molecule has 0 saturated carbocycles. The molecule has 0 aliphatic carbocycles. The molecule has 2 aromatic rings. The molecule has 2 amide bonds. The van der Waals surface area contributed by atoms with E-state index >= 15 is 0 Å². The second-order valence-electron chi connectivity index (χ2n) is 7.53. The van der Waals surface area contributed by atoms with Crippen molar-refractivity contribution in [3.63, 3.8) is 0 Å². The molecule has 0 bridgehead atoms. The lowest BCUT2D eigenvalue weighted by molar-refractivity contribution is 0.0583. The summed E-state index contributed by atoms with van der Waals surface area (Å²) in [6, 6.07) is -0.143. The maximum atomic E-state index is 12.4. The Bertz CT molecular complexity index is 748. The molecule has 3 heterocycles. The van der Waals surface area contributed by atoms with Crippen LogP contribution in [0.4, 0.5) is 4.79 Å². The zero-order valence-electron chi connectivity index (χ0n) is 16.1. The third kappa shape index (κ3) is 4.85. The SMILES string of the molecule is CC(C)Cc1nc(CNC(=O)N2CCC(C(O)c3nccn3C)CC2)no1. The Kier molecular flexibility index (Phi) is 6.10. The van der Waals surface area contributed by atoms with Crippen molar-refractivity contribution in [2.45, 2.75) is 45.8 Å². The predicted molar refractivity (Wildman–Crippen MR) is 97.5 cm³/mol. The first-order chi connectivity index (χ1) is 12.9. The molecular formula is C18H28N6O3. The molecule has 3 rings (SSSR count). The first kappa shape index (κ1) is 19.3. The summed E-state index contributed by atoms with van der Waals surface area (Å²) >= 11 is 0. The Morgan fingerprint density at radius 2 is 2.15 bits per heavy atom. The van der Waals surface area contributed by atoms with Crippen LogP contribution in [0.2, 0.25) is 0 Å². The van der Waals surface area contributed by atoms with Crippen molar-refractivity contribution in [3.8, 4) is 0 Å². The second kappa shape index (κ2) is 8.51.